The minimum Gasteiger partial charge on any atom is -0.497 e. The number of amides is 1. The van der Waals surface area contributed by atoms with Crippen molar-refractivity contribution >= 4 is 32.4 Å². The fourth-order valence-electron chi connectivity index (χ4n) is 4.05. The van der Waals surface area contributed by atoms with Crippen LogP contribution in [0.2, 0.25) is 0 Å². The van der Waals surface area contributed by atoms with Crippen LogP contribution in [0.25, 0.3) is 10.8 Å². The van der Waals surface area contributed by atoms with Gasteiger partial charge in [0.15, 0.2) is 0 Å². The maximum Gasteiger partial charge on any atom is 0.258 e. The minimum atomic E-state index is -3.83. The van der Waals surface area contributed by atoms with Crippen LogP contribution in [-0.4, -0.2) is 43.4 Å². The number of benzene rings is 2. The highest BCUT2D eigenvalue weighted by Crippen LogP contribution is 2.27. The van der Waals surface area contributed by atoms with E-state index in [2.05, 4.69) is 12.2 Å². The first kappa shape index (κ1) is 23.0. The number of aromatic nitrogens is 1. The molecule has 1 saturated heterocycles. The fraction of sp³-hybridized carbons (Fsp3) is 0.333. The van der Waals surface area contributed by atoms with Gasteiger partial charge in [0.2, 0.25) is 15.9 Å². The van der Waals surface area contributed by atoms with E-state index in [4.69, 9.17) is 4.74 Å². The van der Waals surface area contributed by atoms with Crippen molar-refractivity contribution in [3.8, 4) is 5.75 Å². The molecule has 0 bridgehead atoms. The molecule has 3 aromatic rings. The van der Waals surface area contributed by atoms with Gasteiger partial charge in [-0.15, -0.1) is 0 Å². The second-order valence-corrected chi connectivity index (χ2v) is 10.2. The SMILES string of the molecule is COc1cccc(NC(=O)Cn2cc(S(=O)(=O)N3CCC(C)CC3)c3ccccc3c2=O)c1. The smallest absolute Gasteiger partial charge is 0.258 e. The Morgan fingerprint density at radius 2 is 1.79 bits per heavy atom. The topological polar surface area (TPSA) is 97.7 Å². The lowest BCUT2D eigenvalue weighted by molar-refractivity contribution is -0.116. The number of piperidine rings is 1. The van der Waals surface area contributed by atoms with Gasteiger partial charge in [-0.1, -0.05) is 31.2 Å². The second kappa shape index (κ2) is 9.36. The van der Waals surface area contributed by atoms with E-state index in [9.17, 15) is 18.0 Å². The maximum atomic E-state index is 13.5. The predicted octanol–water partition coefficient (Wildman–Crippen LogP) is 3.07. The Balaban J connectivity index is 1.70. The normalized spacial score (nSPS) is 15.5. The zero-order valence-electron chi connectivity index (χ0n) is 18.7. The molecule has 2 heterocycles. The molecule has 0 atom stereocenters. The van der Waals surface area contributed by atoms with Crippen LogP contribution in [0, 0.1) is 5.92 Å². The van der Waals surface area contributed by atoms with E-state index in [0.29, 0.717) is 35.8 Å². The standard InChI is InChI=1S/C24H27N3O5S/c1-17-10-12-27(13-11-17)33(30,31)22-15-26(24(29)21-9-4-3-8-20(21)22)16-23(28)25-18-6-5-7-19(14-18)32-2/h3-9,14-15,17H,10-13,16H2,1-2H3,(H,25,28). The third-order valence-electron chi connectivity index (χ3n) is 5.98. The third-order valence-corrected chi connectivity index (χ3v) is 7.91. The zero-order valence-corrected chi connectivity index (χ0v) is 19.5. The second-order valence-electron chi connectivity index (χ2n) is 8.34. The van der Waals surface area contributed by atoms with Gasteiger partial charge in [0.1, 0.15) is 17.2 Å². The molecule has 1 aromatic heterocycles. The molecule has 1 fully saturated rings. The maximum absolute atomic E-state index is 13.5. The first-order valence-electron chi connectivity index (χ1n) is 10.9. The Morgan fingerprint density at radius 3 is 2.48 bits per heavy atom. The van der Waals surface area contributed by atoms with E-state index in [1.165, 1.54) is 17.6 Å². The van der Waals surface area contributed by atoms with Crippen LogP contribution in [0.3, 0.4) is 0 Å². The Bertz CT molecular complexity index is 1340. The molecule has 0 unspecified atom stereocenters. The molecule has 1 aliphatic rings. The number of hydrogen-bond donors (Lipinski definition) is 1. The third kappa shape index (κ3) is 4.79. The predicted molar refractivity (Wildman–Crippen MR) is 127 cm³/mol. The number of ether oxygens (including phenoxy) is 1. The molecule has 1 aliphatic heterocycles. The van der Waals surface area contributed by atoms with Gasteiger partial charge in [-0.3, -0.25) is 9.59 Å². The van der Waals surface area contributed by atoms with Gasteiger partial charge >= 0.3 is 0 Å². The van der Waals surface area contributed by atoms with E-state index in [-0.39, 0.29) is 16.8 Å². The van der Waals surface area contributed by atoms with Crippen molar-refractivity contribution in [1.29, 1.82) is 0 Å². The van der Waals surface area contributed by atoms with E-state index in [1.807, 2.05) is 0 Å². The van der Waals surface area contributed by atoms with Crippen molar-refractivity contribution in [1.82, 2.24) is 8.87 Å². The van der Waals surface area contributed by atoms with E-state index in [1.54, 1.807) is 48.5 Å². The zero-order chi connectivity index (χ0) is 23.6. The molecule has 33 heavy (non-hydrogen) atoms. The quantitative estimate of drug-likeness (QED) is 0.598. The van der Waals surface area contributed by atoms with Crippen LogP contribution >= 0.6 is 0 Å². The summed E-state index contributed by atoms with van der Waals surface area (Å²) in [6.45, 7) is 2.67. The molecule has 9 heteroatoms. The Hall–Kier alpha value is -3.17. The summed E-state index contributed by atoms with van der Waals surface area (Å²) >= 11 is 0. The highest BCUT2D eigenvalue weighted by molar-refractivity contribution is 7.89. The van der Waals surface area contributed by atoms with Gasteiger partial charge in [-0.05, 0) is 37.0 Å². The summed E-state index contributed by atoms with van der Waals surface area (Å²) in [4.78, 5) is 25.8. The molecule has 0 spiro atoms. The number of nitrogens with one attached hydrogen (secondary N) is 1. The molecule has 1 amide bonds. The van der Waals surface area contributed by atoms with Crippen LogP contribution in [-0.2, 0) is 21.4 Å². The highest BCUT2D eigenvalue weighted by atomic mass is 32.2. The number of nitrogens with zero attached hydrogens (tertiary/aromatic N) is 2. The number of rotatable bonds is 6. The number of fused-ring (bicyclic) bond motifs is 1. The monoisotopic (exact) mass is 469 g/mol. The summed E-state index contributed by atoms with van der Waals surface area (Å²) in [5.41, 5.74) is 0.0982. The lowest BCUT2D eigenvalue weighted by Crippen LogP contribution is -2.38. The molecule has 0 aliphatic carbocycles. The average Bonchev–Trinajstić information content (AvgIpc) is 2.81. The Morgan fingerprint density at radius 1 is 1.09 bits per heavy atom. The minimum absolute atomic E-state index is 0.0430. The molecule has 8 nitrogen and oxygen atoms in total. The molecule has 0 radical (unpaired) electrons. The largest absolute Gasteiger partial charge is 0.497 e. The van der Waals surface area contributed by atoms with Crippen molar-refractivity contribution in [3.05, 3.63) is 65.1 Å². The molecule has 174 valence electrons. The summed E-state index contributed by atoms with van der Waals surface area (Å²) in [7, 11) is -2.30. The van der Waals surface area contributed by atoms with Gasteiger partial charge < -0.3 is 14.6 Å². The van der Waals surface area contributed by atoms with Gasteiger partial charge in [-0.2, -0.15) is 4.31 Å². The first-order chi connectivity index (χ1) is 15.8. The van der Waals surface area contributed by atoms with Gasteiger partial charge in [0.05, 0.1) is 7.11 Å². The first-order valence-corrected chi connectivity index (χ1v) is 12.3. The summed E-state index contributed by atoms with van der Waals surface area (Å²) in [6.07, 6.45) is 2.88. The van der Waals surface area contributed by atoms with Gasteiger partial charge in [0.25, 0.3) is 5.56 Å². The lowest BCUT2D eigenvalue weighted by atomic mass is 10.0. The van der Waals surface area contributed by atoms with Crippen LogP contribution in [0.5, 0.6) is 5.75 Å². The fourth-order valence-corrected chi connectivity index (χ4v) is 5.74. The van der Waals surface area contributed by atoms with E-state index < -0.39 is 21.5 Å². The summed E-state index contributed by atoms with van der Waals surface area (Å²) in [6, 6.07) is 13.5. The molecule has 2 aromatic carbocycles. The van der Waals surface area contributed by atoms with Gasteiger partial charge in [0, 0.05) is 41.8 Å². The summed E-state index contributed by atoms with van der Waals surface area (Å²) in [5.74, 6) is 0.609. The molecule has 1 N–H and O–H groups in total. The van der Waals surface area contributed by atoms with Gasteiger partial charge in [-0.25, -0.2) is 8.42 Å². The number of carbonyl (C=O) groups is 1. The van der Waals surface area contributed by atoms with Crippen molar-refractivity contribution in [2.75, 3.05) is 25.5 Å². The van der Waals surface area contributed by atoms with Crippen LogP contribution < -0.4 is 15.6 Å². The van der Waals surface area contributed by atoms with Crippen LogP contribution in [0.15, 0.2) is 64.4 Å². The van der Waals surface area contributed by atoms with E-state index in [0.717, 1.165) is 17.4 Å². The van der Waals surface area contributed by atoms with Crippen molar-refractivity contribution < 1.29 is 17.9 Å². The number of hydrogen-bond acceptors (Lipinski definition) is 5. The Labute approximate surface area is 192 Å². The Kier molecular flexibility index (Phi) is 6.53. The van der Waals surface area contributed by atoms with Crippen LogP contribution in [0.4, 0.5) is 5.69 Å². The summed E-state index contributed by atoms with van der Waals surface area (Å²) in [5, 5.41) is 3.36. The molecule has 0 saturated carbocycles. The molecular weight excluding hydrogens is 442 g/mol. The average molecular weight is 470 g/mol. The van der Waals surface area contributed by atoms with E-state index >= 15 is 0 Å². The molecular formula is C24H27N3O5S. The van der Waals surface area contributed by atoms with Crippen molar-refractivity contribution in [3.63, 3.8) is 0 Å². The van der Waals surface area contributed by atoms with Crippen molar-refractivity contribution in [2.45, 2.75) is 31.2 Å². The number of pyridine rings is 1. The number of anilines is 1. The number of carbonyl (C=O) groups excluding carboxylic acids is 1. The number of sulfonamides is 1. The highest BCUT2D eigenvalue weighted by Gasteiger charge is 2.30. The summed E-state index contributed by atoms with van der Waals surface area (Å²) < 4.78 is 34.8. The number of methoxy groups -OCH3 is 1. The lowest BCUT2D eigenvalue weighted by Gasteiger charge is -2.30. The van der Waals surface area contributed by atoms with Crippen LogP contribution in [0.1, 0.15) is 19.8 Å². The molecule has 4 rings (SSSR count). The van der Waals surface area contributed by atoms with Crippen molar-refractivity contribution in [2.24, 2.45) is 5.92 Å².